The van der Waals surface area contributed by atoms with E-state index in [-0.39, 0.29) is 11.3 Å². The highest BCUT2D eigenvalue weighted by atomic mass is 32.1. The number of benzene rings is 1. The van der Waals surface area contributed by atoms with Gasteiger partial charge in [0.1, 0.15) is 10.8 Å². The van der Waals surface area contributed by atoms with Crippen LogP contribution in [0.3, 0.4) is 0 Å². The van der Waals surface area contributed by atoms with Crippen molar-refractivity contribution in [1.29, 1.82) is 0 Å². The number of carbonyl (C=O) groups excluding carboxylic acids is 1. The molecule has 2 heterocycles. The first-order valence-corrected chi connectivity index (χ1v) is 10.4. The minimum Gasteiger partial charge on any atom is -0.401 e. The highest BCUT2D eigenvalue weighted by molar-refractivity contribution is 7.13. The third-order valence-electron chi connectivity index (χ3n) is 4.57. The number of hydrogen-bond acceptors (Lipinski definition) is 5. The molecule has 7 heteroatoms. The number of nitrogens with zero attached hydrogens (tertiary/aromatic N) is 3. The van der Waals surface area contributed by atoms with Gasteiger partial charge in [0.15, 0.2) is 0 Å². The van der Waals surface area contributed by atoms with E-state index in [1.54, 1.807) is 24.5 Å². The van der Waals surface area contributed by atoms with E-state index >= 15 is 0 Å². The summed E-state index contributed by atoms with van der Waals surface area (Å²) in [7, 11) is 0. The minimum absolute atomic E-state index is 0.0853. The standard InChI is InChI=1S/C23H25N5OS/c1-14-7-8-15(21(29)28-20(25)11-19(24)23(2,3)4)10-17(14)18-13-30-22(27-18)16-6-5-9-26-12-16/h5-13H,24H2,1-4H3,(H2,25,28,29)/b19-11-. The van der Waals surface area contributed by atoms with Gasteiger partial charge in [-0.25, -0.2) is 4.98 Å². The van der Waals surface area contributed by atoms with E-state index in [0.29, 0.717) is 11.3 Å². The summed E-state index contributed by atoms with van der Waals surface area (Å²) >= 11 is 1.53. The van der Waals surface area contributed by atoms with Crippen molar-refractivity contribution < 1.29 is 4.79 Å². The quantitative estimate of drug-likeness (QED) is 0.476. The number of hydrogen-bond donors (Lipinski definition) is 2. The lowest BCUT2D eigenvalue weighted by Gasteiger charge is -2.18. The van der Waals surface area contributed by atoms with Crippen molar-refractivity contribution in [2.75, 3.05) is 0 Å². The van der Waals surface area contributed by atoms with Crippen LogP contribution >= 0.6 is 11.3 Å². The van der Waals surface area contributed by atoms with Crippen LogP contribution in [-0.2, 0) is 0 Å². The molecule has 2 aromatic heterocycles. The zero-order valence-corrected chi connectivity index (χ0v) is 18.3. The van der Waals surface area contributed by atoms with Gasteiger partial charge in [0, 0.05) is 45.6 Å². The second-order valence-electron chi connectivity index (χ2n) is 8.00. The van der Waals surface area contributed by atoms with Crippen LogP contribution in [0.2, 0.25) is 0 Å². The van der Waals surface area contributed by atoms with E-state index in [0.717, 1.165) is 27.4 Å². The Bertz CT molecular complexity index is 1120. The van der Waals surface area contributed by atoms with Crippen molar-refractivity contribution in [3.63, 3.8) is 0 Å². The molecule has 6 nitrogen and oxygen atoms in total. The number of rotatable bonds is 4. The Hall–Kier alpha value is -3.32. The lowest BCUT2D eigenvalue weighted by molar-refractivity contribution is 0.100. The van der Waals surface area contributed by atoms with E-state index in [9.17, 15) is 4.79 Å². The van der Waals surface area contributed by atoms with Gasteiger partial charge < -0.3 is 11.5 Å². The van der Waals surface area contributed by atoms with Crippen LogP contribution in [0, 0.1) is 12.3 Å². The third-order valence-corrected chi connectivity index (χ3v) is 5.46. The molecule has 0 radical (unpaired) electrons. The molecule has 0 aliphatic carbocycles. The van der Waals surface area contributed by atoms with Gasteiger partial charge in [0.05, 0.1) is 5.69 Å². The number of carbonyl (C=O) groups is 1. The molecule has 154 valence electrons. The smallest absolute Gasteiger partial charge is 0.278 e. The fourth-order valence-electron chi connectivity index (χ4n) is 2.64. The molecule has 0 aliphatic heterocycles. The van der Waals surface area contributed by atoms with Crippen LogP contribution in [0.4, 0.5) is 0 Å². The van der Waals surface area contributed by atoms with E-state index in [1.807, 2.05) is 51.3 Å². The average Bonchev–Trinajstić information content (AvgIpc) is 3.18. The van der Waals surface area contributed by atoms with Gasteiger partial charge in [-0.1, -0.05) is 26.8 Å². The van der Waals surface area contributed by atoms with E-state index in [4.69, 9.17) is 16.5 Å². The average molecular weight is 420 g/mol. The number of nitrogens with two attached hydrogens (primary N) is 2. The molecule has 4 N–H and O–H groups in total. The molecule has 0 fully saturated rings. The molecule has 3 aromatic rings. The van der Waals surface area contributed by atoms with Crippen molar-refractivity contribution in [3.05, 3.63) is 71.0 Å². The molecule has 0 bridgehead atoms. The van der Waals surface area contributed by atoms with Crippen LogP contribution in [0.1, 0.15) is 36.7 Å². The summed E-state index contributed by atoms with van der Waals surface area (Å²) in [5.74, 6) is -0.337. The van der Waals surface area contributed by atoms with Gasteiger partial charge in [0.25, 0.3) is 5.91 Å². The maximum atomic E-state index is 12.6. The maximum absolute atomic E-state index is 12.6. The monoisotopic (exact) mass is 419 g/mol. The molecule has 0 saturated heterocycles. The summed E-state index contributed by atoms with van der Waals surface area (Å²) in [6.07, 6.45) is 5.05. The number of aromatic nitrogens is 2. The minimum atomic E-state index is -0.422. The van der Waals surface area contributed by atoms with E-state index in [1.165, 1.54) is 17.4 Å². The Balaban J connectivity index is 1.90. The SMILES string of the molecule is Cc1ccc(C(=O)N=C(N)/C=C(\N)C(C)(C)C)cc1-c1csc(-c2cccnc2)n1. The van der Waals surface area contributed by atoms with E-state index in [2.05, 4.69) is 9.98 Å². The first-order chi connectivity index (χ1) is 14.1. The van der Waals surface area contributed by atoms with Gasteiger partial charge in [-0.05, 0) is 42.8 Å². The zero-order chi connectivity index (χ0) is 21.9. The molecule has 0 atom stereocenters. The van der Waals surface area contributed by atoms with Gasteiger partial charge in [0.2, 0.25) is 0 Å². The first kappa shape index (κ1) is 21.4. The molecule has 0 aliphatic rings. The van der Waals surface area contributed by atoms with Crippen LogP contribution in [0.5, 0.6) is 0 Å². The summed E-state index contributed by atoms with van der Waals surface area (Å²) in [6.45, 7) is 7.88. The lowest BCUT2D eigenvalue weighted by atomic mass is 9.92. The second kappa shape index (κ2) is 8.59. The highest BCUT2D eigenvalue weighted by Gasteiger charge is 2.15. The second-order valence-corrected chi connectivity index (χ2v) is 8.86. The highest BCUT2D eigenvalue weighted by Crippen LogP contribution is 2.31. The summed E-state index contributed by atoms with van der Waals surface area (Å²) in [6, 6.07) is 9.27. The number of allylic oxidation sites excluding steroid dienone is 1. The third kappa shape index (κ3) is 4.99. The van der Waals surface area contributed by atoms with Crippen molar-refractivity contribution >= 4 is 23.1 Å². The van der Waals surface area contributed by atoms with E-state index < -0.39 is 5.91 Å². The Morgan fingerprint density at radius 3 is 2.63 bits per heavy atom. The van der Waals surface area contributed by atoms with Crippen molar-refractivity contribution in [2.24, 2.45) is 21.9 Å². The summed E-state index contributed by atoms with van der Waals surface area (Å²) in [5, 5.41) is 2.85. The Morgan fingerprint density at radius 2 is 1.97 bits per heavy atom. The normalized spacial score (nSPS) is 12.8. The molecule has 1 amide bonds. The van der Waals surface area contributed by atoms with Crippen molar-refractivity contribution in [2.45, 2.75) is 27.7 Å². The number of aryl methyl sites for hydroxylation is 1. The molecule has 0 spiro atoms. The number of pyridine rings is 1. The fraction of sp³-hybridized carbons (Fsp3) is 0.217. The summed E-state index contributed by atoms with van der Waals surface area (Å²) in [5.41, 5.74) is 16.3. The molecule has 1 aromatic carbocycles. The molecular weight excluding hydrogens is 394 g/mol. The zero-order valence-electron chi connectivity index (χ0n) is 17.5. The number of thiazole rings is 1. The first-order valence-electron chi connectivity index (χ1n) is 9.48. The van der Waals surface area contributed by atoms with Gasteiger partial charge in [-0.3, -0.25) is 9.78 Å². The fourth-order valence-corrected chi connectivity index (χ4v) is 3.45. The molecule has 0 saturated carbocycles. The Labute approximate surface area is 180 Å². The predicted molar refractivity (Wildman–Crippen MR) is 123 cm³/mol. The van der Waals surface area contributed by atoms with Crippen molar-refractivity contribution in [1.82, 2.24) is 9.97 Å². The summed E-state index contributed by atoms with van der Waals surface area (Å²) < 4.78 is 0. The van der Waals surface area contributed by atoms with Crippen LogP contribution in [0.15, 0.2) is 64.9 Å². The predicted octanol–water partition coefficient (Wildman–Crippen LogP) is 4.57. The number of amidine groups is 1. The van der Waals surface area contributed by atoms with Gasteiger partial charge >= 0.3 is 0 Å². The van der Waals surface area contributed by atoms with Crippen molar-refractivity contribution in [3.8, 4) is 21.8 Å². The Morgan fingerprint density at radius 1 is 1.20 bits per heavy atom. The van der Waals surface area contributed by atoms with Crippen LogP contribution in [-0.4, -0.2) is 21.7 Å². The van der Waals surface area contributed by atoms with Gasteiger partial charge in [-0.2, -0.15) is 4.99 Å². The molecular formula is C23H25N5OS. The van der Waals surface area contributed by atoms with Gasteiger partial charge in [-0.15, -0.1) is 11.3 Å². The Kier molecular flexibility index (Phi) is 6.12. The topological polar surface area (TPSA) is 107 Å². The molecule has 0 unspecified atom stereocenters. The number of aliphatic imine (C=N–C) groups is 1. The maximum Gasteiger partial charge on any atom is 0.278 e. The molecule has 30 heavy (non-hydrogen) atoms. The largest absolute Gasteiger partial charge is 0.401 e. The molecule has 3 rings (SSSR count). The number of amides is 1. The van der Waals surface area contributed by atoms with Crippen LogP contribution < -0.4 is 11.5 Å². The summed E-state index contributed by atoms with van der Waals surface area (Å²) in [4.78, 5) is 25.5. The van der Waals surface area contributed by atoms with Crippen LogP contribution in [0.25, 0.3) is 21.8 Å². The lowest BCUT2D eigenvalue weighted by Crippen LogP contribution is -2.21.